The largest absolute Gasteiger partial charge is 0.454 e. The lowest BCUT2D eigenvalue weighted by atomic mass is 10.0. The molecule has 4 rings (SSSR count). The fourth-order valence-corrected chi connectivity index (χ4v) is 3.54. The first-order valence-electron chi connectivity index (χ1n) is 9.25. The molecule has 0 radical (unpaired) electrons. The third-order valence-corrected chi connectivity index (χ3v) is 5.11. The molecule has 26 heavy (non-hydrogen) atoms. The summed E-state index contributed by atoms with van der Waals surface area (Å²) in [4.78, 5) is 14.7. The van der Waals surface area contributed by atoms with Crippen LogP contribution in [0.2, 0.25) is 0 Å². The molecule has 2 heterocycles. The molecule has 1 amide bonds. The van der Waals surface area contributed by atoms with Crippen molar-refractivity contribution in [1.82, 2.24) is 10.2 Å². The van der Waals surface area contributed by atoms with E-state index in [9.17, 15) is 4.79 Å². The van der Waals surface area contributed by atoms with Crippen LogP contribution in [0.4, 0.5) is 0 Å². The second-order valence-corrected chi connectivity index (χ2v) is 6.89. The van der Waals surface area contributed by atoms with Gasteiger partial charge in [0.25, 0.3) is 5.91 Å². The summed E-state index contributed by atoms with van der Waals surface area (Å²) in [5, 5.41) is 3.16. The maximum atomic E-state index is 12.3. The van der Waals surface area contributed by atoms with E-state index in [1.165, 1.54) is 5.56 Å². The fraction of sp³-hybridized carbons (Fsp3) is 0.381. The van der Waals surface area contributed by atoms with Crippen molar-refractivity contribution < 1.29 is 14.3 Å². The molecule has 5 heteroatoms. The number of amides is 1. The van der Waals surface area contributed by atoms with E-state index in [0.29, 0.717) is 6.79 Å². The summed E-state index contributed by atoms with van der Waals surface area (Å²) in [6.45, 7) is 3.38. The maximum Gasteiger partial charge on any atom is 0.251 e. The maximum absolute atomic E-state index is 12.3. The Kier molecular flexibility index (Phi) is 5.07. The highest BCUT2D eigenvalue weighted by atomic mass is 16.7. The van der Waals surface area contributed by atoms with E-state index in [-0.39, 0.29) is 11.9 Å². The number of nitrogens with zero attached hydrogens (tertiary/aromatic N) is 1. The molecule has 0 saturated carbocycles. The number of fused-ring (bicyclic) bond motifs is 1. The van der Waals surface area contributed by atoms with E-state index in [4.69, 9.17) is 9.47 Å². The lowest BCUT2D eigenvalue weighted by Crippen LogP contribution is -2.45. The summed E-state index contributed by atoms with van der Waals surface area (Å²) in [6, 6.07) is 15.9. The Morgan fingerprint density at radius 2 is 1.81 bits per heavy atom. The predicted molar refractivity (Wildman–Crippen MR) is 99.6 cm³/mol. The Morgan fingerprint density at radius 3 is 2.62 bits per heavy atom. The van der Waals surface area contributed by atoms with Gasteiger partial charge in [0.1, 0.15) is 0 Å². The number of carbonyl (C=O) groups excluding carboxylic acids is 1. The second-order valence-electron chi connectivity index (χ2n) is 6.89. The van der Waals surface area contributed by atoms with Crippen LogP contribution in [0, 0.1) is 0 Å². The molecule has 1 fully saturated rings. The number of nitrogens with one attached hydrogen (secondary N) is 1. The van der Waals surface area contributed by atoms with Crippen molar-refractivity contribution in [2.45, 2.75) is 25.3 Å². The first-order valence-corrected chi connectivity index (χ1v) is 9.25. The number of rotatable bonds is 5. The highest BCUT2D eigenvalue weighted by Crippen LogP contribution is 2.32. The average Bonchev–Trinajstić information content (AvgIpc) is 3.16. The lowest BCUT2D eigenvalue weighted by molar-refractivity contribution is 0.0911. The molecule has 2 aliphatic heterocycles. The van der Waals surface area contributed by atoms with Gasteiger partial charge in [-0.1, -0.05) is 24.3 Å². The Morgan fingerprint density at radius 1 is 1.04 bits per heavy atom. The van der Waals surface area contributed by atoms with Crippen LogP contribution in [0.25, 0.3) is 0 Å². The van der Waals surface area contributed by atoms with Crippen LogP contribution in [0.3, 0.4) is 0 Å². The SMILES string of the molecule is O=C(NC1CCN(CCc2ccc3c(c2)OCO3)CC1)c1ccccc1. The minimum atomic E-state index is 0.0319. The van der Waals surface area contributed by atoms with Crippen LogP contribution in [-0.4, -0.2) is 43.3 Å². The van der Waals surface area contributed by atoms with Crippen LogP contribution in [0.15, 0.2) is 48.5 Å². The van der Waals surface area contributed by atoms with Gasteiger partial charge in [-0.25, -0.2) is 0 Å². The molecule has 0 atom stereocenters. The van der Waals surface area contributed by atoms with Crippen molar-refractivity contribution in [3.8, 4) is 11.5 Å². The molecule has 0 aromatic heterocycles. The van der Waals surface area contributed by atoms with Crippen molar-refractivity contribution in [1.29, 1.82) is 0 Å². The zero-order valence-corrected chi connectivity index (χ0v) is 14.8. The number of likely N-dealkylation sites (tertiary alicyclic amines) is 1. The molecule has 2 aromatic rings. The van der Waals surface area contributed by atoms with E-state index in [1.54, 1.807) is 0 Å². The molecular formula is C21H24N2O3. The van der Waals surface area contributed by atoms with Crippen LogP contribution < -0.4 is 14.8 Å². The third kappa shape index (κ3) is 3.99. The molecule has 2 aliphatic rings. The number of ether oxygens (including phenoxy) is 2. The highest BCUT2D eigenvalue weighted by molar-refractivity contribution is 5.94. The van der Waals surface area contributed by atoms with Crippen molar-refractivity contribution in [2.75, 3.05) is 26.4 Å². The molecule has 0 spiro atoms. The molecule has 0 unspecified atom stereocenters. The second kappa shape index (κ2) is 7.79. The molecular weight excluding hydrogens is 328 g/mol. The Bertz CT molecular complexity index is 755. The molecule has 0 bridgehead atoms. The van der Waals surface area contributed by atoms with Gasteiger partial charge in [-0.15, -0.1) is 0 Å². The first-order chi connectivity index (χ1) is 12.8. The molecule has 1 saturated heterocycles. The quantitative estimate of drug-likeness (QED) is 0.899. The van der Waals surface area contributed by atoms with Crippen LogP contribution >= 0.6 is 0 Å². The Hall–Kier alpha value is -2.53. The number of benzene rings is 2. The average molecular weight is 352 g/mol. The van der Waals surface area contributed by atoms with E-state index in [2.05, 4.69) is 22.3 Å². The van der Waals surface area contributed by atoms with Crippen molar-refractivity contribution >= 4 is 5.91 Å². The van der Waals surface area contributed by atoms with Crippen LogP contribution in [0.1, 0.15) is 28.8 Å². The highest BCUT2D eigenvalue weighted by Gasteiger charge is 2.21. The van der Waals surface area contributed by atoms with Gasteiger partial charge >= 0.3 is 0 Å². The number of carbonyl (C=O) groups is 1. The first kappa shape index (κ1) is 16.9. The van der Waals surface area contributed by atoms with E-state index >= 15 is 0 Å². The zero-order valence-electron chi connectivity index (χ0n) is 14.8. The normalized spacial score (nSPS) is 17.2. The summed E-state index contributed by atoms with van der Waals surface area (Å²) in [7, 11) is 0. The minimum Gasteiger partial charge on any atom is -0.454 e. The summed E-state index contributed by atoms with van der Waals surface area (Å²) >= 11 is 0. The number of hydrogen-bond donors (Lipinski definition) is 1. The van der Waals surface area contributed by atoms with Gasteiger partial charge in [0.2, 0.25) is 6.79 Å². The van der Waals surface area contributed by atoms with Crippen molar-refractivity contribution in [3.63, 3.8) is 0 Å². The monoisotopic (exact) mass is 352 g/mol. The van der Waals surface area contributed by atoms with Gasteiger partial charge in [0, 0.05) is 31.2 Å². The Labute approximate surface area is 153 Å². The van der Waals surface area contributed by atoms with Gasteiger partial charge in [0.15, 0.2) is 11.5 Å². The standard InChI is InChI=1S/C21H24N2O3/c24-21(17-4-2-1-3-5-17)22-18-9-12-23(13-10-18)11-8-16-6-7-19-20(14-16)26-15-25-19/h1-7,14,18H,8-13,15H2,(H,22,24). The number of piperidine rings is 1. The summed E-state index contributed by atoms with van der Waals surface area (Å²) < 4.78 is 10.8. The molecule has 136 valence electrons. The molecule has 5 nitrogen and oxygen atoms in total. The predicted octanol–water partition coefficient (Wildman–Crippen LogP) is 2.85. The summed E-state index contributed by atoms with van der Waals surface area (Å²) in [6.07, 6.45) is 3.00. The molecule has 2 aromatic carbocycles. The van der Waals surface area contributed by atoms with E-state index < -0.39 is 0 Å². The lowest BCUT2D eigenvalue weighted by Gasteiger charge is -2.32. The fourth-order valence-electron chi connectivity index (χ4n) is 3.54. The van der Waals surface area contributed by atoms with Gasteiger partial charge in [-0.05, 0) is 49.1 Å². The Balaban J connectivity index is 1.22. The van der Waals surface area contributed by atoms with Crippen LogP contribution in [-0.2, 0) is 6.42 Å². The summed E-state index contributed by atoms with van der Waals surface area (Å²) in [5.41, 5.74) is 2.01. The molecule has 0 aliphatic carbocycles. The van der Waals surface area contributed by atoms with Gasteiger partial charge < -0.3 is 19.7 Å². The topological polar surface area (TPSA) is 50.8 Å². The van der Waals surface area contributed by atoms with Crippen molar-refractivity contribution in [2.24, 2.45) is 0 Å². The summed E-state index contributed by atoms with van der Waals surface area (Å²) in [5.74, 6) is 1.72. The van der Waals surface area contributed by atoms with Gasteiger partial charge in [-0.2, -0.15) is 0 Å². The third-order valence-electron chi connectivity index (χ3n) is 5.11. The van der Waals surface area contributed by atoms with Gasteiger partial charge in [-0.3, -0.25) is 4.79 Å². The van der Waals surface area contributed by atoms with E-state index in [1.807, 2.05) is 36.4 Å². The minimum absolute atomic E-state index is 0.0319. The smallest absolute Gasteiger partial charge is 0.251 e. The van der Waals surface area contributed by atoms with Gasteiger partial charge in [0.05, 0.1) is 0 Å². The van der Waals surface area contributed by atoms with Crippen molar-refractivity contribution in [3.05, 3.63) is 59.7 Å². The van der Waals surface area contributed by atoms with Crippen LogP contribution in [0.5, 0.6) is 11.5 Å². The van der Waals surface area contributed by atoms with E-state index in [0.717, 1.165) is 56.0 Å². The zero-order chi connectivity index (χ0) is 17.8. The molecule has 1 N–H and O–H groups in total. The number of hydrogen-bond acceptors (Lipinski definition) is 4.